The van der Waals surface area contributed by atoms with Gasteiger partial charge in [0.2, 0.25) is 0 Å². The quantitative estimate of drug-likeness (QED) is 0.294. The number of halogens is 1. The molecule has 1 unspecified atom stereocenters. The van der Waals surface area contributed by atoms with Crippen molar-refractivity contribution in [2.24, 2.45) is 0 Å². The van der Waals surface area contributed by atoms with E-state index in [1.54, 1.807) is 7.11 Å². The van der Waals surface area contributed by atoms with Gasteiger partial charge in [0.25, 0.3) is 0 Å². The lowest BCUT2D eigenvalue weighted by Gasteiger charge is -2.19. The van der Waals surface area contributed by atoms with Gasteiger partial charge in [0.15, 0.2) is 6.29 Å². The molecule has 0 bridgehead atoms. The Morgan fingerprint density at radius 1 is 1.38 bits per heavy atom. The third-order valence-corrected chi connectivity index (χ3v) is 3.89. The van der Waals surface area contributed by atoms with Crippen LogP contribution in [-0.2, 0) is 20.7 Å². The molecule has 5 nitrogen and oxygen atoms in total. The van der Waals surface area contributed by atoms with Crippen LogP contribution in [0.4, 0.5) is 5.69 Å². The van der Waals surface area contributed by atoms with Gasteiger partial charge in [-0.2, -0.15) is 0 Å². The topological polar surface area (TPSA) is 64.6 Å². The summed E-state index contributed by atoms with van der Waals surface area (Å²) in [6.07, 6.45) is 2.49. The fourth-order valence-electron chi connectivity index (χ4n) is 2.11. The van der Waals surface area contributed by atoms with Gasteiger partial charge in [0.1, 0.15) is 10.6 Å². The molecular weight excluding hydrogens is 374 g/mol. The van der Waals surface area contributed by atoms with Gasteiger partial charge in [-0.1, -0.05) is 22.0 Å². The summed E-state index contributed by atoms with van der Waals surface area (Å²) in [7, 11) is 1.63. The number of aldehydes is 1. The van der Waals surface area contributed by atoms with Crippen molar-refractivity contribution in [2.75, 3.05) is 19.0 Å². The van der Waals surface area contributed by atoms with Crippen molar-refractivity contribution in [2.45, 2.75) is 50.6 Å². The number of carbonyl (C=O) groups is 2. The molecule has 0 radical (unpaired) electrons. The van der Waals surface area contributed by atoms with Crippen LogP contribution >= 0.6 is 15.9 Å². The van der Waals surface area contributed by atoms with Gasteiger partial charge in [0, 0.05) is 37.7 Å². The SMILES string of the molecule is COC(Br)Cc1ccc(NCCCC(=O)OC(C)(C)C)c(C=O)c1. The molecular formula is C18H26BrNO4. The van der Waals surface area contributed by atoms with Gasteiger partial charge >= 0.3 is 5.97 Å². The molecule has 0 saturated carbocycles. The molecule has 0 saturated heterocycles. The first-order chi connectivity index (χ1) is 11.2. The lowest BCUT2D eigenvalue weighted by Crippen LogP contribution is -2.24. The second-order valence-corrected chi connectivity index (χ2v) is 7.53. The number of alkyl halides is 1. The Kier molecular flexibility index (Phi) is 8.42. The molecule has 0 fully saturated rings. The van der Waals surface area contributed by atoms with Crippen LogP contribution in [0.25, 0.3) is 0 Å². The lowest BCUT2D eigenvalue weighted by molar-refractivity contribution is -0.154. The number of methoxy groups -OCH3 is 1. The van der Waals surface area contributed by atoms with Crippen LogP contribution in [0.1, 0.15) is 49.5 Å². The van der Waals surface area contributed by atoms with Crippen LogP contribution in [0.3, 0.4) is 0 Å². The van der Waals surface area contributed by atoms with Crippen LogP contribution in [0.2, 0.25) is 0 Å². The minimum atomic E-state index is -0.458. The van der Waals surface area contributed by atoms with E-state index in [9.17, 15) is 9.59 Å². The van der Waals surface area contributed by atoms with E-state index in [2.05, 4.69) is 21.2 Å². The van der Waals surface area contributed by atoms with Crippen molar-refractivity contribution in [3.63, 3.8) is 0 Å². The standard InChI is InChI=1S/C18H26BrNO4/c1-18(2,3)24-17(22)6-5-9-20-15-8-7-13(10-14(15)12-21)11-16(19)23-4/h7-8,10,12,16,20H,5-6,9,11H2,1-4H3. The van der Waals surface area contributed by atoms with E-state index in [0.29, 0.717) is 31.4 Å². The van der Waals surface area contributed by atoms with Crippen LogP contribution < -0.4 is 5.32 Å². The van der Waals surface area contributed by atoms with Gasteiger partial charge in [-0.05, 0) is 44.9 Å². The molecule has 24 heavy (non-hydrogen) atoms. The molecule has 134 valence electrons. The summed E-state index contributed by atoms with van der Waals surface area (Å²) in [5.74, 6) is -0.210. The fourth-order valence-corrected chi connectivity index (χ4v) is 2.49. The predicted molar refractivity (Wildman–Crippen MR) is 98.8 cm³/mol. The molecule has 0 heterocycles. The number of hydrogen-bond donors (Lipinski definition) is 1. The Labute approximate surface area is 152 Å². The molecule has 0 aliphatic heterocycles. The number of ether oxygens (including phenoxy) is 2. The highest BCUT2D eigenvalue weighted by Crippen LogP contribution is 2.19. The third-order valence-electron chi connectivity index (χ3n) is 3.19. The van der Waals surface area contributed by atoms with E-state index in [-0.39, 0.29) is 11.0 Å². The van der Waals surface area contributed by atoms with Crippen molar-refractivity contribution in [3.8, 4) is 0 Å². The minimum absolute atomic E-state index is 0.0790. The maximum absolute atomic E-state index is 11.6. The largest absolute Gasteiger partial charge is 0.460 e. The summed E-state index contributed by atoms with van der Waals surface area (Å²) in [6, 6.07) is 5.68. The highest BCUT2D eigenvalue weighted by Gasteiger charge is 2.15. The number of carbonyl (C=O) groups excluding carboxylic acids is 2. The zero-order valence-electron chi connectivity index (χ0n) is 14.7. The van der Waals surface area contributed by atoms with Crippen LogP contribution in [-0.4, -0.2) is 36.5 Å². The van der Waals surface area contributed by atoms with Crippen LogP contribution in [0.5, 0.6) is 0 Å². The van der Waals surface area contributed by atoms with Crippen molar-refractivity contribution in [3.05, 3.63) is 29.3 Å². The molecule has 1 N–H and O–H groups in total. The Hall–Kier alpha value is -1.40. The minimum Gasteiger partial charge on any atom is -0.460 e. The lowest BCUT2D eigenvalue weighted by atomic mass is 10.1. The van der Waals surface area contributed by atoms with E-state index >= 15 is 0 Å². The summed E-state index contributed by atoms with van der Waals surface area (Å²) in [6.45, 7) is 6.14. The number of esters is 1. The first-order valence-corrected chi connectivity index (χ1v) is 8.87. The smallest absolute Gasteiger partial charge is 0.306 e. The van der Waals surface area contributed by atoms with Crippen LogP contribution in [0, 0.1) is 0 Å². The molecule has 1 rings (SSSR count). The van der Waals surface area contributed by atoms with Gasteiger partial charge in [0.05, 0.1) is 0 Å². The molecule has 0 aromatic heterocycles. The van der Waals surface area contributed by atoms with Crippen molar-refractivity contribution < 1.29 is 19.1 Å². The summed E-state index contributed by atoms with van der Waals surface area (Å²) in [5, 5.41) is 3.12. The second-order valence-electron chi connectivity index (χ2n) is 6.51. The molecule has 1 aromatic carbocycles. The highest BCUT2D eigenvalue weighted by atomic mass is 79.9. The summed E-state index contributed by atoms with van der Waals surface area (Å²) >= 11 is 3.39. The number of anilines is 1. The van der Waals surface area contributed by atoms with Crippen molar-refractivity contribution in [1.82, 2.24) is 0 Å². The van der Waals surface area contributed by atoms with Crippen LogP contribution in [0.15, 0.2) is 18.2 Å². The maximum Gasteiger partial charge on any atom is 0.306 e. The molecule has 0 spiro atoms. The Balaban J connectivity index is 2.50. The maximum atomic E-state index is 11.6. The molecule has 0 aliphatic rings. The number of hydrogen-bond acceptors (Lipinski definition) is 5. The Morgan fingerprint density at radius 2 is 2.08 bits per heavy atom. The Morgan fingerprint density at radius 3 is 2.67 bits per heavy atom. The average molecular weight is 400 g/mol. The van der Waals surface area contributed by atoms with Crippen molar-refractivity contribution >= 4 is 33.9 Å². The molecule has 1 aromatic rings. The highest BCUT2D eigenvalue weighted by molar-refractivity contribution is 9.09. The van der Waals surface area contributed by atoms with E-state index in [1.165, 1.54) is 0 Å². The zero-order chi connectivity index (χ0) is 18.2. The molecule has 0 aliphatic carbocycles. The summed E-state index contributed by atoms with van der Waals surface area (Å²) in [5.41, 5.74) is 1.92. The fraction of sp³-hybridized carbons (Fsp3) is 0.556. The van der Waals surface area contributed by atoms with E-state index in [0.717, 1.165) is 17.5 Å². The number of rotatable bonds is 9. The molecule has 0 amide bonds. The normalized spacial score (nSPS) is 12.5. The van der Waals surface area contributed by atoms with E-state index < -0.39 is 5.60 Å². The van der Waals surface area contributed by atoms with Gasteiger partial charge in [-0.3, -0.25) is 9.59 Å². The van der Waals surface area contributed by atoms with Crippen molar-refractivity contribution in [1.29, 1.82) is 0 Å². The van der Waals surface area contributed by atoms with E-state index in [1.807, 2.05) is 39.0 Å². The second kappa shape index (κ2) is 9.79. The first-order valence-electron chi connectivity index (χ1n) is 7.96. The monoisotopic (exact) mass is 399 g/mol. The Bertz CT molecular complexity index is 554. The average Bonchev–Trinajstić information content (AvgIpc) is 2.50. The molecule has 1 atom stereocenters. The number of nitrogens with one attached hydrogen (secondary N) is 1. The number of benzene rings is 1. The zero-order valence-corrected chi connectivity index (χ0v) is 16.3. The van der Waals surface area contributed by atoms with Gasteiger partial charge < -0.3 is 14.8 Å². The summed E-state index contributed by atoms with van der Waals surface area (Å²) < 4.78 is 10.4. The molecule has 6 heteroatoms. The summed E-state index contributed by atoms with van der Waals surface area (Å²) in [4.78, 5) is 22.9. The van der Waals surface area contributed by atoms with E-state index in [4.69, 9.17) is 9.47 Å². The first kappa shape index (κ1) is 20.6. The van der Waals surface area contributed by atoms with Gasteiger partial charge in [-0.25, -0.2) is 0 Å². The third kappa shape index (κ3) is 7.93. The predicted octanol–water partition coefficient (Wildman–Crippen LogP) is 3.94. The van der Waals surface area contributed by atoms with Gasteiger partial charge in [-0.15, -0.1) is 0 Å².